The first-order chi connectivity index (χ1) is 10.4. The molecule has 1 unspecified atom stereocenters. The van der Waals surface area contributed by atoms with E-state index in [1.54, 1.807) is 0 Å². The van der Waals surface area contributed by atoms with Crippen LogP contribution in [0.15, 0.2) is 36.5 Å². The highest BCUT2D eigenvalue weighted by atomic mass is 19.4. The van der Waals surface area contributed by atoms with Crippen molar-refractivity contribution in [2.45, 2.75) is 32.0 Å². The summed E-state index contributed by atoms with van der Waals surface area (Å²) in [6.45, 7) is 2.47. The molecule has 0 radical (unpaired) electrons. The van der Waals surface area contributed by atoms with Crippen molar-refractivity contribution in [3.05, 3.63) is 36.5 Å². The van der Waals surface area contributed by atoms with E-state index in [-0.39, 0.29) is 0 Å². The number of nitrogens with zero attached hydrogens (tertiary/aromatic N) is 2. The highest BCUT2D eigenvalue weighted by Gasteiger charge is 2.33. The van der Waals surface area contributed by atoms with Gasteiger partial charge in [0, 0.05) is 17.8 Å². The van der Waals surface area contributed by atoms with Gasteiger partial charge in [-0.25, -0.2) is 0 Å². The highest BCUT2D eigenvalue weighted by Crippen LogP contribution is 2.32. The lowest BCUT2D eigenvalue weighted by Crippen LogP contribution is -2.41. The summed E-state index contributed by atoms with van der Waals surface area (Å²) in [5.41, 5.74) is 1.20. The maximum absolute atomic E-state index is 12.4. The first-order valence-electron chi connectivity index (χ1n) is 7.79. The van der Waals surface area contributed by atoms with Crippen LogP contribution >= 0.6 is 0 Å². The number of halogens is 3. The zero-order valence-corrected chi connectivity index (χ0v) is 12.7. The minimum absolute atomic E-state index is 0.313. The molecule has 5 heteroatoms. The van der Waals surface area contributed by atoms with Crippen LogP contribution in [0.2, 0.25) is 0 Å². The van der Waals surface area contributed by atoms with E-state index in [4.69, 9.17) is 0 Å². The van der Waals surface area contributed by atoms with Crippen molar-refractivity contribution < 1.29 is 13.2 Å². The molecule has 0 bridgehead atoms. The van der Waals surface area contributed by atoms with Crippen molar-refractivity contribution in [1.82, 2.24) is 9.47 Å². The van der Waals surface area contributed by atoms with Crippen LogP contribution in [0.3, 0.4) is 0 Å². The van der Waals surface area contributed by atoms with E-state index < -0.39 is 12.7 Å². The quantitative estimate of drug-likeness (QED) is 0.811. The summed E-state index contributed by atoms with van der Waals surface area (Å²) in [5.74, 6) is 0.431. The standard InChI is InChI=1S/C17H21F3N2/c1-13(22-11-8-15-4-2-3-5-16(15)22)14-6-9-21(10-7-14)12-17(18,19)20/h2-5,8,11,13-14H,6-7,9-10,12H2,1H3. The normalized spacial score (nSPS) is 19.6. The Balaban J connectivity index is 1.66. The van der Waals surface area contributed by atoms with Gasteiger partial charge in [0.05, 0.1) is 6.54 Å². The van der Waals surface area contributed by atoms with Crippen molar-refractivity contribution in [3.8, 4) is 0 Å². The summed E-state index contributed by atoms with van der Waals surface area (Å²) in [5, 5.41) is 1.21. The molecule has 1 aromatic heterocycles. The molecule has 1 fully saturated rings. The zero-order chi connectivity index (χ0) is 15.7. The summed E-state index contributed by atoms with van der Waals surface area (Å²) in [4.78, 5) is 1.52. The van der Waals surface area contributed by atoms with E-state index in [1.807, 2.05) is 12.1 Å². The number of benzene rings is 1. The number of hydrogen-bond donors (Lipinski definition) is 0. The van der Waals surface area contributed by atoms with Gasteiger partial charge in [-0.05, 0) is 56.3 Å². The molecule has 1 atom stereocenters. The maximum Gasteiger partial charge on any atom is 0.401 e. The predicted octanol–water partition coefficient (Wildman–Crippen LogP) is 4.48. The molecule has 0 spiro atoms. The number of alkyl halides is 3. The summed E-state index contributed by atoms with van der Waals surface area (Å²) >= 11 is 0. The van der Waals surface area contributed by atoms with Crippen LogP contribution in [0, 0.1) is 5.92 Å². The van der Waals surface area contributed by atoms with Crippen LogP contribution in [0.5, 0.6) is 0 Å². The molecule has 3 rings (SSSR count). The van der Waals surface area contributed by atoms with Gasteiger partial charge < -0.3 is 4.57 Å². The maximum atomic E-state index is 12.4. The molecule has 2 heterocycles. The highest BCUT2D eigenvalue weighted by molar-refractivity contribution is 5.80. The van der Waals surface area contributed by atoms with Crippen LogP contribution in [0.1, 0.15) is 25.8 Å². The average Bonchev–Trinajstić information content (AvgIpc) is 2.89. The average molecular weight is 310 g/mol. The Kier molecular flexibility index (Phi) is 4.17. The molecule has 0 aliphatic carbocycles. The number of likely N-dealkylation sites (tertiary alicyclic amines) is 1. The summed E-state index contributed by atoms with van der Waals surface area (Å²) in [6.07, 6.45) is -0.347. The number of rotatable bonds is 3. The second-order valence-corrected chi connectivity index (χ2v) is 6.25. The Bertz CT molecular complexity index is 624. The number of hydrogen-bond acceptors (Lipinski definition) is 1. The van der Waals surface area contributed by atoms with E-state index in [2.05, 4.69) is 35.9 Å². The largest absolute Gasteiger partial charge is 0.401 e. The van der Waals surface area contributed by atoms with Crippen molar-refractivity contribution >= 4 is 10.9 Å². The lowest BCUT2D eigenvalue weighted by Gasteiger charge is -2.35. The number of aromatic nitrogens is 1. The molecule has 2 aromatic rings. The molecule has 0 saturated carbocycles. The Morgan fingerprint density at radius 2 is 1.82 bits per heavy atom. The minimum Gasteiger partial charge on any atom is -0.344 e. The second kappa shape index (κ2) is 5.95. The van der Waals surface area contributed by atoms with Gasteiger partial charge >= 0.3 is 6.18 Å². The van der Waals surface area contributed by atoms with Gasteiger partial charge in [-0.2, -0.15) is 13.2 Å². The Labute approximate surface area is 128 Å². The zero-order valence-electron chi connectivity index (χ0n) is 12.7. The number of para-hydroxylation sites is 1. The molecule has 0 N–H and O–H groups in total. The number of piperidine rings is 1. The van der Waals surface area contributed by atoms with Crippen molar-refractivity contribution in [3.63, 3.8) is 0 Å². The molecule has 1 aliphatic heterocycles. The molecular formula is C17H21F3N2. The Hall–Kier alpha value is -1.49. The fourth-order valence-corrected chi connectivity index (χ4v) is 3.53. The molecule has 1 aliphatic rings. The van der Waals surface area contributed by atoms with Gasteiger partial charge in [-0.1, -0.05) is 18.2 Å². The molecule has 2 nitrogen and oxygen atoms in total. The van der Waals surface area contributed by atoms with Crippen molar-refractivity contribution in [2.24, 2.45) is 5.92 Å². The predicted molar refractivity (Wildman–Crippen MR) is 81.9 cm³/mol. The second-order valence-electron chi connectivity index (χ2n) is 6.25. The minimum atomic E-state index is -4.09. The van der Waals surface area contributed by atoms with Crippen LogP contribution in [0.25, 0.3) is 10.9 Å². The molecule has 1 aromatic carbocycles. The SMILES string of the molecule is CC(C1CCN(CC(F)(F)F)CC1)n1ccc2ccccc21. The number of fused-ring (bicyclic) bond motifs is 1. The summed E-state index contributed by atoms with van der Waals surface area (Å²) < 4.78 is 39.6. The topological polar surface area (TPSA) is 8.17 Å². The molecule has 120 valence electrons. The third-order valence-corrected chi connectivity index (χ3v) is 4.79. The fourth-order valence-electron chi connectivity index (χ4n) is 3.53. The Morgan fingerprint density at radius 1 is 1.14 bits per heavy atom. The van der Waals surface area contributed by atoms with Crippen LogP contribution < -0.4 is 0 Å². The molecule has 22 heavy (non-hydrogen) atoms. The summed E-state index contributed by atoms with van der Waals surface area (Å²) in [7, 11) is 0. The van der Waals surface area contributed by atoms with Gasteiger partial charge in [0.1, 0.15) is 0 Å². The van der Waals surface area contributed by atoms with Crippen LogP contribution in [-0.2, 0) is 0 Å². The smallest absolute Gasteiger partial charge is 0.344 e. The monoisotopic (exact) mass is 310 g/mol. The van der Waals surface area contributed by atoms with Gasteiger partial charge in [-0.15, -0.1) is 0 Å². The van der Waals surface area contributed by atoms with Crippen molar-refractivity contribution in [2.75, 3.05) is 19.6 Å². The van der Waals surface area contributed by atoms with E-state index >= 15 is 0 Å². The van der Waals surface area contributed by atoms with Crippen LogP contribution in [0.4, 0.5) is 13.2 Å². The van der Waals surface area contributed by atoms with E-state index in [0.29, 0.717) is 25.0 Å². The van der Waals surface area contributed by atoms with Crippen molar-refractivity contribution in [1.29, 1.82) is 0 Å². The van der Waals surface area contributed by atoms with Gasteiger partial charge in [0.2, 0.25) is 0 Å². The van der Waals surface area contributed by atoms with Gasteiger partial charge in [0.15, 0.2) is 0 Å². The van der Waals surface area contributed by atoms with E-state index in [9.17, 15) is 13.2 Å². The van der Waals surface area contributed by atoms with Gasteiger partial charge in [0.25, 0.3) is 0 Å². The lowest BCUT2D eigenvalue weighted by molar-refractivity contribution is -0.149. The van der Waals surface area contributed by atoms with Crippen LogP contribution in [-0.4, -0.2) is 35.3 Å². The fraction of sp³-hybridized carbons (Fsp3) is 0.529. The lowest BCUT2D eigenvalue weighted by atomic mass is 9.90. The first kappa shape index (κ1) is 15.4. The van der Waals surface area contributed by atoms with E-state index in [1.165, 1.54) is 15.8 Å². The molecule has 1 saturated heterocycles. The Morgan fingerprint density at radius 3 is 2.50 bits per heavy atom. The molecule has 0 amide bonds. The third-order valence-electron chi connectivity index (χ3n) is 4.79. The third kappa shape index (κ3) is 3.29. The van der Waals surface area contributed by atoms with Gasteiger partial charge in [-0.3, -0.25) is 4.90 Å². The summed E-state index contributed by atoms with van der Waals surface area (Å²) in [6, 6.07) is 10.7. The van der Waals surface area contributed by atoms with E-state index in [0.717, 1.165) is 12.8 Å². The first-order valence-corrected chi connectivity index (χ1v) is 7.79. The molecular weight excluding hydrogens is 289 g/mol.